The molecule has 3 nitrogen and oxygen atoms in total. The zero-order valence-electron chi connectivity index (χ0n) is 10.1. The first-order valence-corrected chi connectivity index (χ1v) is 6.04. The summed E-state index contributed by atoms with van der Waals surface area (Å²) in [7, 11) is 0. The third kappa shape index (κ3) is 3.17. The molecule has 1 aromatic carbocycles. The molecule has 1 fully saturated rings. The van der Waals surface area contributed by atoms with Crippen LogP contribution in [-0.4, -0.2) is 29.1 Å². The Labute approximate surface area is 106 Å². The van der Waals surface area contributed by atoms with Crippen LogP contribution in [0.5, 0.6) is 0 Å². The highest BCUT2D eigenvalue weighted by Crippen LogP contribution is 2.22. The molecule has 18 heavy (non-hydrogen) atoms. The van der Waals surface area contributed by atoms with Crippen LogP contribution in [0.1, 0.15) is 18.4 Å². The van der Waals surface area contributed by atoms with Crippen LogP contribution in [0.2, 0.25) is 0 Å². The molecule has 0 amide bonds. The number of piperidine rings is 1. The maximum absolute atomic E-state index is 13.2. The zero-order valence-corrected chi connectivity index (χ0v) is 10.1. The van der Waals surface area contributed by atoms with Crippen LogP contribution in [0.4, 0.5) is 4.39 Å². The highest BCUT2D eigenvalue weighted by Gasteiger charge is 2.20. The monoisotopic (exact) mass is 249 g/mol. The van der Waals surface area contributed by atoms with E-state index in [1.165, 1.54) is 5.56 Å². The Bertz CT molecular complexity index is 446. The molecule has 4 heteroatoms. The molecule has 0 aliphatic carbocycles. The van der Waals surface area contributed by atoms with Crippen LogP contribution in [0.25, 0.3) is 0 Å². The number of nitrogens with zero attached hydrogens (tertiary/aromatic N) is 1. The van der Waals surface area contributed by atoms with Crippen LogP contribution in [0.15, 0.2) is 41.7 Å². The number of carboxylic acid groups (broad SMARTS) is 1. The Morgan fingerprint density at radius 1 is 1.22 bits per heavy atom. The minimum absolute atomic E-state index is 0.437. The van der Waals surface area contributed by atoms with E-state index < -0.39 is 11.8 Å². The molecule has 1 aliphatic heterocycles. The van der Waals surface area contributed by atoms with E-state index in [9.17, 15) is 9.18 Å². The third-order valence-electron chi connectivity index (χ3n) is 3.21. The van der Waals surface area contributed by atoms with Crippen molar-refractivity contribution < 1.29 is 14.3 Å². The fourth-order valence-electron chi connectivity index (χ4n) is 2.19. The van der Waals surface area contributed by atoms with Crippen molar-refractivity contribution in [1.82, 2.24) is 4.90 Å². The lowest BCUT2D eigenvalue weighted by Crippen LogP contribution is -2.30. The van der Waals surface area contributed by atoms with Gasteiger partial charge in [-0.1, -0.05) is 30.3 Å². The minimum Gasteiger partial charge on any atom is -0.476 e. The van der Waals surface area contributed by atoms with Crippen LogP contribution in [-0.2, 0) is 11.3 Å². The van der Waals surface area contributed by atoms with Crippen LogP contribution < -0.4 is 0 Å². The Morgan fingerprint density at radius 3 is 2.39 bits per heavy atom. The van der Waals surface area contributed by atoms with Gasteiger partial charge >= 0.3 is 5.97 Å². The fraction of sp³-hybridized carbons (Fsp3) is 0.357. The molecule has 1 aromatic rings. The number of rotatable bonds is 3. The highest BCUT2D eigenvalue weighted by molar-refractivity contribution is 5.84. The summed E-state index contributed by atoms with van der Waals surface area (Å²) in [6, 6.07) is 10.1. The van der Waals surface area contributed by atoms with Crippen LogP contribution in [0.3, 0.4) is 0 Å². The number of hydrogen-bond donors (Lipinski definition) is 1. The number of hydrogen-bond acceptors (Lipinski definition) is 2. The van der Waals surface area contributed by atoms with E-state index in [1.807, 2.05) is 18.2 Å². The molecule has 96 valence electrons. The molecule has 0 radical (unpaired) electrons. The second kappa shape index (κ2) is 5.78. The molecule has 0 unspecified atom stereocenters. The van der Waals surface area contributed by atoms with Crippen molar-refractivity contribution in [1.29, 1.82) is 0 Å². The second-order valence-corrected chi connectivity index (χ2v) is 4.48. The lowest BCUT2D eigenvalue weighted by atomic mass is 10.0. The number of benzene rings is 1. The topological polar surface area (TPSA) is 40.5 Å². The average Bonchev–Trinajstić information content (AvgIpc) is 2.40. The summed E-state index contributed by atoms with van der Waals surface area (Å²) in [6.07, 6.45) is 1.01. The number of likely N-dealkylation sites (tertiary alicyclic amines) is 1. The van der Waals surface area contributed by atoms with Gasteiger partial charge in [0.15, 0.2) is 0 Å². The number of carboxylic acids is 1. The van der Waals surface area contributed by atoms with Gasteiger partial charge in [0, 0.05) is 19.6 Å². The Balaban J connectivity index is 1.91. The SMILES string of the molecule is O=C(O)C(F)=C1CCN(Cc2ccccc2)CC1. The molecule has 0 spiro atoms. The van der Waals surface area contributed by atoms with Gasteiger partial charge < -0.3 is 5.11 Å². The molecular formula is C14H16FNO2. The van der Waals surface area contributed by atoms with E-state index >= 15 is 0 Å². The molecule has 0 bridgehead atoms. The molecule has 2 rings (SSSR count). The van der Waals surface area contributed by atoms with Crippen molar-refractivity contribution in [2.75, 3.05) is 13.1 Å². The van der Waals surface area contributed by atoms with Crippen molar-refractivity contribution in [3.05, 3.63) is 47.3 Å². The van der Waals surface area contributed by atoms with Crippen molar-refractivity contribution in [2.45, 2.75) is 19.4 Å². The standard InChI is InChI=1S/C14H16FNO2/c15-13(14(17)18)12-6-8-16(9-7-12)10-11-4-2-1-3-5-11/h1-5H,6-10H2,(H,17,18). The van der Waals surface area contributed by atoms with Gasteiger partial charge in [0.1, 0.15) is 0 Å². The summed E-state index contributed by atoms with van der Waals surface area (Å²) in [5.41, 5.74) is 1.66. The van der Waals surface area contributed by atoms with Gasteiger partial charge in [0.05, 0.1) is 0 Å². The summed E-state index contributed by atoms with van der Waals surface area (Å²) in [4.78, 5) is 12.7. The van der Waals surface area contributed by atoms with Crippen molar-refractivity contribution in [3.8, 4) is 0 Å². The zero-order chi connectivity index (χ0) is 13.0. The van der Waals surface area contributed by atoms with Crippen molar-refractivity contribution in [3.63, 3.8) is 0 Å². The van der Waals surface area contributed by atoms with Crippen LogP contribution in [0, 0.1) is 0 Å². The van der Waals surface area contributed by atoms with Gasteiger partial charge in [-0.15, -0.1) is 0 Å². The van der Waals surface area contributed by atoms with Crippen LogP contribution >= 0.6 is 0 Å². The van der Waals surface area contributed by atoms with E-state index in [0.29, 0.717) is 31.5 Å². The molecule has 1 heterocycles. The summed E-state index contributed by atoms with van der Waals surface area (Å²) in [5, 5.41) is 8.59. The normalized spacial score (nSPS) is 16.6. The quantitative estimate of drug-likeness (QED) is 0.837. The third-order valence-corrected chi connectivity index (χ3v) is 3.21. The molecule has 1 saturated heterocycles. The van der Waals surface area contributed by atoms with Gasteiger partial charge in [-0.05, 0) is 24.0 Å². The highest BCUT2D eigenvalue weighted by atomic mass is 19.1. The maximum atomic E-state index is 13.2. The Hall–Kier alpha value is -1.68. The average molecular weight is 249 g/mol. The van der Waals surface area contributed by atoms with Gasteiger partial charge in [0.25, 0.3) is 0 Å². The molecule has 1 aliphatic rings. The van der Waals surface area contributed by atoms with Gasteiger partial charge in [0.2, 0.25) is 5.83 Å². The van der Waals surface area contributed by atoms with E-state index in [4.69, 9.17) is 5.11 Å². The summed E-state index contributed by atoms with van der Waals surface area (Å²) >= 11 is 0. The Morgan fingerprint density at radius 2 is 1.83 bits per heavy atom. The first kappa shape index (κ1) is 12.8. The molecular weight excluding hydrogens is 233 g/mol. The maximum Gasteiger partial charge on any atom is 0.364 e. The molecule has 0 atom stereocenters. The fourth-order valence-corrected chi connectivity index (χ4v) is 2.19. The smallest absolute Gasteiger partial charge is 0.364 e. The largest absolute Gasteiger partial charge is 0.476 e. The predicted octanol–water partition coefficient (Wildman–Crippen LogP) is 2.59. The molecule has 0 saturated carbocycles. The Kier molecular flexibility index (Phi) is 4.10. The minimum atomic E-state index is -1.44. The summed E-state index contributed by atoms with van der Waals surface area (Å²) < 4.78 is 13.2. The van der Waals surface area contributed by atoms with Gasteiger partial charge in [-0.25, -0.2) is 4.79 Å². The van der Waals surface area contributed by atoms with E-state index in [2.05, 4.69) is 17.0 Å². The number of halogens is 1. The molecule has 1 N–H and O–H groups in total. The first-order valence-electron chi connectivity index (χ1n) is 6.04. The molecule has 0 aromatic heterocycles. The van der Waals surface area contributed by atoms with E-state index in [-0.39, 0.29) is 0 Å². The number of carbonyl (C=O) groups is 1. The van der Waals surface area contributed by atoms with E-state index in [1.54, 1.807) is 0 Å². The van der Waals surface area contributed by atoms with Crippen molar-refractivity contribution in [2.24, 2.45) is 0 Å². The lowest BCUT2D eigenvalue weighted by Gasteiger charge is -2.28. The lowest BCUT2D eigenvalue weighted by molar-refractivity contribution is -0.134. The number of aliphatic carboxylic acids is 1. The first-order chi connectivity index (χ1) is 8.66. The van der Waals surface area contributed by atoms with Gasteiger partial charge in [-0.3, -0.25) is 4.90 Å². The summed E-state index contributed by atoms with van der Waals surface area (Å²) in [5.74, 6) is -2.41. The second-order valence-electron chi connectivity index (χ2n) is 4.48. The summed E-state index contributed by atoms with van der Waals surface area (Å²) in [6.45, 7) is 2.26. The van der Waals surface area contributed by atoms with Gasteiger partial charge in [-0.2, -0.15) is 4.39 Å². The van der Waals surface area contributed by atoms with E-state index in [0.717, 1.165) is 6.54 Å². The predicted molar refractivity (Wildman–Crippen MR) is 66.7 cm³/mol. The van der Waals surface area contributed by atoms with Crippen molar-refractivity contribution >= 4 is 5.97 Å².